The van der Waals surface area contributed by atoms with Gasteiger partial charge in [0.2, 0.25) is 0 Å². The Morgan fingerprint density at radius 3 is 2.48 bits per heavy atom. The highest BCUT2D eigenvalue weighted by molar-refractivity contribution is 5.82. The van der Waals surface area contributed by atoms with Crippen molar-refractivity contribution < 1.29 is 14.9 Å². The summed E-state index contributed by atoms with van der Waals surface area (Å²) in [5, 5.41) is 4.42. The van der Waals surface area contributed by atoms with Gasteiger partial charge in [-0.15, -0.1) is 0 Å². The van der Waals surface area contributed by atoms with E-state index in [0.29, 0.717) is 0 Å². The Bertz CT molecular complexity index is 470. The molecule has 3 N–H and O–H groups in total. The van der Waals surface area contributed by atoms with Crippen molar-refractivity contribution in [2.24, 2.45) is 0 Å². The number of carbonyl (C=O) groups excluding carboxylic acids is 2. The first-order valence-corrected chi connectivity index (χ1v) is 7.60. The highest BCUT2D eigenvalue weighted by atomic mass is 16.2. The topological polar surface area (TPSA) is 66.0 Å². The Morgan fingerprint density at radius 2 is 1.86 bits per heavy atom. The summed E-state index contributed by atoms with van der Waals surface area (Å²) in [5.74, 6) is 0.0483. The molecule has 0 aromatic heterocycles. The molecule has 1 aliphatic heterocycles. The third-order valence-corrected chi connectivity index (χ3v) is 3.91. The van der Waals surface area contributed by atoms with Gasteiger partial charge < -0.3 is 15.5 Å². The Labute approximate surface area is 125 Å². The number of likely N-dealkylation sites (tertiary alicyclic amines) is 1. The molecule has 5 nitrogen and oxygen atoms in total. The van der Waals surface area contributed by atoms with E-state index in [9.17, 15) is 9.59 Å². The molecule has 1 aromatic rings. The zero-order chi connectivity index (χ0) is 15.1. The highest BCUT2D eigenvalue weighted by Crippen LogP contribution is 2.16. The summed E-state index contributed by atoms with van der Waals surface area (Å²) >= 11 is 0. The van der Waals surface area contributed by atoms with Crippen molar-refractivity contribution in [3.63, 3.8) is 0 Å². The summed E-state index contributed by atoms with van der Waals surface area (Å²) < 4.78 is 0. The van der Waals surface area contributed by atoms with Gasteiger partial charge in [-0.05, 0) is 19.3 Å². The largest absolute Gasteiger partial charge is 0.354 e. The highest BCUT2D eigenvalue weighted by Gasteiger charge is 2.30. The molecule has 2 rings (SSSR count). The fraction of sp³-hybridized carbons (Fsp3) is 0.500. The number of likely N-dealkylation sites (N-methyl/N-ethyl adjacent to an activating group) is 1. The van der Waals surface area contributed by atoms with Gasteiger partial charge in [0.1, 0.15) is 0 Å². The van der Waals surface area contributed by atoms with Gasteiger partial charge in [-0.1, -0.05) is 30.3 Å². The maximum atomic E-state index is 12.8. The van der Waals surface area contributed by atoms with Crippen LogP contribution >= 0.6 is 0 Å². The molecule has 1 atom stereocenters. The van der Waals surface area contributed by atoms with E-state index in [0.717, 1.165) is 31.5 Å². The van der Waals surface area contributed by atoms with Crippen LogP contribution in [0.3, 0.4) is 0 Å². The van der Waals surface area contributed by atoms with Crippen molar-refractivity contribution in [3.8, 4) is 0 Å². The summed E-state index contributed by atoms with van der Waals surface area (Å²) in [6.45, 7) is 1.92. The van der Waals surface area contributed by atoms with Crippen LogP contribution in [0, 0.1) is 0 Å². The first kappa shape index (κ1) is 15.5. The third-order valence-electron chi connectivity index (χ3n) is 3.91. The lowest BCUT2D eigenvalue weighted by molar-refractivity contribution is -0.673. The maximum Gasteiger partial charge on any atom is 0.285 e. The second-order valence-corrected chi connectivity index (χ2v) is 5.39. The number of hydrogen-bond acceptors (Lipinski definition) is 2. The smallest absolute Gasteiger partial charge is 0.285 e. The van der Waals surface area contributed by atoms with Crippen LogP contribution in [0.2, 0.25) is 0 Å². The van der Waals surface area contributed by atoms with Crippen molar-refractivity contribution in [2.75, 3.05) is 26.7 Å². The van der Waals surface area contributed by atoms with Gasteiger partial charge in [0.25, 0.3) is 11.8 Å². The van der Waals surface area contributed by atoms with Gasteiger partial charge in [0.05, 0.1) is 0 Å². The van der Waals surface area contributed by atoms with Crippen molar-refractivity contribution >= 4 is 11.8 Å². The number of nitrogens with two attached hydrogens (primary N) is 1. The van der Waals surface area contributed by atoms with E-state index in [1.54, 1.807) is 7.05 Å². The van der Waals surface area contributed by atoms with Crippen LogP contribution < -0.4 is 10.6 Å². The average Bonchev–Trinajstić information content (AvgIpc) is 2.56. The van der Waals surface area contributed by atoms with Crippen LogP contribution in [0.15, 0.2) is 30.3 Å². The lowest BCUT2D eigenvalue weighted by Gasteiger charge is -2.29. The van der Waals surface area contributed by atoms with Crippen LogP contribution in [0.25, 0.3) is 0 Å². The number of quaternary nitrogens is 1. The number of rotatable bonds is 5. The first-order chi connectivity index (χ1) is 10.2. The predicted molar refractivity (Wildman–Crippen MR) is 80.5 cm³/mol. The average molecular weight is 290 g/mol. The summed E-state index contributed by atoms with van der Waals surface area (Å²) in [6, 6.07) is 9.37. The van der Waals surface area contributed by atoms with Crippen molar-refractivity contribution in [3.05, 3.63) is 35.9 Å². The second kappa shape index (κ2) is 7.78. The second-order valence-electron chi connectivity index (χ2n) is 5.39. The molecular weight excluding hydrogens is 266 g/mol. The van der Waals surface area contributed by atoms with Crippen molar-refractivity contribution in [1.29, 1.82) is 0 Å². The fourth-order valence-electron chi connectivity index (χ4n) is 2.68. The third kappa shape index (κ3) is 4.29. The number of piperidine rings is 1. The van der Waals surface area contributed by atoms with E-state index < -0.39 is 0 Å². The van der Waals surface area contributed by atoms with Crippen LogP contribution in [0.4, 0.5) is 0 Å². The number of carbonyl (C=O) groups is 2. The number of benzene rings is 1. The molecule has 0 radical (unpaired) electrons. The number of amides is 2. The number of nitrogens with one attached hydrogen (secondary N) is 1. The van der Waals surface area contributed by atoms with E-state index >= 15 is 0 Å². The van der Waals surface area contributed by atoms with E-state index in [4.69, 9.17) is 0 Å². The monoisotopic (exact) mass is 290 g/mol. The summed E-state index contributed by atoms with van der Waals surface area (Å²) in [6.07, 6.45) is 3.34. The fourth-order valence-corrected chi connectivity index (χ4v) is 2.68. The number of nitrogens with zero attached hydrogens (tertiary/aromatic N) is 1. The summed E-state index contributed by atoms with van der Waals surface area (Å²) in [7, 11) is 1.61. The Morgan fingerprint density at radius 1 is 1.19 bits per heavy atom. The van der Waals surface area contributed by atoms with E-state index in [-0.39, 0.29) is 24.4 Å². The van der Waals surface area contributed by atoms with Gasteiger partial charge in [0.15, 0.2) is 12.6 Å². The zero-order valence-corrected chi connectivity index (χ0v) is 12.5. The molecule has 21 heavy (non-hydrogen) atoms. The molecular formula is C16H24N3O2+. The SMILES string of the molecule is CNC(=O)C[NH2+][C@@H](C(=O)N1CCCCC1)c1ccccc1. The van der Waals surface area contributed by atoms with Gasteiger partial charge in [-0.2, -0.15) is 0 Å². The first-order valence-electron chi connectivity index (χ1n) is 7.60. The minimum atomic E-state index is -0.332. The molecule has 1 saturated heterocycles. The Hall–Kier alpha value is -1.88. The van der Waals surface area contributed by atoms with E-state index in [1.165, 1.54) is 6.42 Å². The molecule has 0 unspecified atom stereocenters. The minimum Gasteiger partial charge on any atom is -0.354 e. The van der Waals surface area contributed by atoms with Gasteiger partial charge >= 0.3 is 0 Å². The maximum absolute atomic E-state index is 12.8. The van der Waals surface area contributed by atoms with Crippen LogP contribution in [-0.4, -0.2) is 43.4 Å². The summed E-state index contributed by atoms with van der Waals surface area (Å²) in [5.41, 5.74) is 0.956. The predicted octanol–water partition coefficient (Wildman–Crippen LogP) is 0.0496. The minimum absolute atomic E-state index is 0.0672. The Balaban J connectivity index is 2.10. The van der Waals surface area contributed by atoms with Gasteiger partial charge in [-0.25, -0.2) is 0 Å². The quantitative estimate of drug-likeness (QED) is 0.805. The molecule has 2 amide bonds. The van der Waals surface area contributed by atoms with Crippen molar-refractivity contribution in [1.82, 2.24) is 10.2 Å². The molecule has 1 heterocycles. The number of hydrogen-bond donors (Lipinski definition) is 2. The van der Waals surface area contributed by atoms with E-state index in [2.05, 4.69) is 5.32 Å². The summed E-state index contributed by atoms with van der Waals surface area (Å²) in [4.78, 5) is 26.2. The lowest BCUT2D eigenvalue weighted by atomic mass is 10.0. The molecule has 0 bridgehead atoms. The van der Waals surface area contributed by atoms with Crippen LogP contribution in [0.5, 0.6) is 0 Å². The Kier molecular flexibility index (Phi) is 5.75. The van der Waals surface area contributed by atoms with Crippen LogP contribution in [-0.2, 0) is 9.59 Å². The normalized spacial score (nSPS) is 16.3. The van der Waals surface area contributed by atoms with E-state index in [1.807, 2.05) is 40.5 Å². The molecule has 1 fully saturated rings. The van der Waals surface area contributed by atoms with Crippen molar-refractivity contribution in [2.45, 2.75) is 25.3 Å². The molecule has 0 saturated carbocycles. The zero-order valence-electron chi connectivity index (χ0n) is 12.5. The molecule has 0 aliphatic carbocycles. The van der Waals surface area contributed by atoms with Gasteiger partial charge in [0, 0.05) is 25.7 Å². The lowest BCUT2D eigenvalue weighted by Crippen LogP contribution is -2.89. The van der Waals surface area contributed by atoms with Gasteiger partial charge in [-0.3, -0.25) is 9.59 Å². The molecule has 1 aliphatic rings. The molecule has 5 heteroatoms. The molecule has 0 spiro atoms. The standard InChI is InChI=1S/C16H23N3O2/c1-17-14(20)12-18-15(13-8-4-2-5-9-13)16(21)19-10-6-3-7-11-19/h2,4-5,8-9,15,18H,3,6-7,10-12H2,1H3,(H,17,20)/p+1/t15-/m1/s1. The molecule has 1 aromatic carbocycles. The van der Waals surface area contributed by atoms with Crippen LogP contribution in [0.1, 0.15) is 30.9 Å². The molecule has 114 valence electrons.